The number of sulfonamides is 1. The van der Waals surface area contributed by atoms with E-state index >= 15 is 0 Å². The number of benzene rings is 2. The second-order valence-corrected chi connectivity index (χ2v) is 6.19. The van der Waals surface area contributed by atoms with Crippen LogP contribution in [0.1, 0.15) is 5.56 Å². The lowest BCUT2D eigenvalue weighted by Gasteiger charge is -2.10. The van der Waals surface area contributed by atoms with Crippen molar-refractivity contribution >= 4 is 33.0 Å². The van der Waals surface area contributed by atoms with Gasteiger partial charge >= 0.3 is 0 Å². The molecule has 0 aliphatic rings. The van der Waals surface area contributed by atoms with E-state index in [1.165, 1.54) is 24.3 Å². The molecule has 3 N–H and O–H groups in total. The molecule has 0 spiro atoms. The van der Waals surface area contributed by atoms with Crippen LogP contribution in [0.4, 0.5) is 15.8 Å². The third kappa shape index (κ3) is 3.42. The van der Waals surface area contributed by atoms with Crippen LogP contribution in [0.25, 0.3) is 0 Å². The fraction of sp³-hybridized carbons (Fsp3) is 0. The molecule has 0 bridgehead atoms. The Bertz CT molecular complexity index is 827. The van der Waals surface area contributed by atoms with Crippen molar-refractivity contribution in [3.8, 4) is 6.07 Å². The van der Waals surface area contributed by atoms with Crippen LogP contribution in [0.5, 0.6) is 0 Å². The van der Waals surface area contributed by atoms with Crippen molar-refractivity contribution in [2.45, 2.75) is 4.90 Å². The number of anilines is 2. The highest BCUT2D eigenvalue weighted by Gasteiger charge is 2.19. The average Bonchev–Trinajstić information content (AvgIpc) is 2.36. The SMILES string of the molecule is N#Cc1ccc(S(=O)(=O)Nc2cc(N)cc(F)c2)c(Cl)c1. The Balaban J connectivity index is 2.41. The number of nitriles is 1. The third-order valence-electron chi connectivity index (χ3n) is 2.52. The van der Waals surface area contributed by atoms with Gasteiger partial charge in [-0.25, -0.2) is 12.8 Å². The van der Waals surface area contributed by atoms with Gasteiger partial charge in [-0.2, -0.15) is 5.26 Å². The first-order chi connectivity index (χ1) is 9.81. The summed E-state index contributed by atoms with van der Waals surface area (Å²) in [7, 11) is -4.02. The number of rotatable bonds is 3. The van der Waals surface area contributed by atoms with Gasteiger partial charge in [-0.05, 0) is 36.4 Å². The van der Waals surface area contributed by atoms with E-state index < -0.39 is 15.8 Å². The Morgan fingerprint density at radius 3 is 2.52 bits per heavy atom. The molecule has 0 atom stereocenters. The molecule has 2 aromatic carbocycles. The lowest BCUT2D eigenvalue weighted by atomic mass is 10.2. The number of nitrogens with two attached hydrogens (primary N) is 1. The molecular formula is C13H9ClFN3O2S. The van der Waals surface area contributed by atoms with E-state index in [0.29, 0.717) is 0 Å². The van der Waals surface area contributed by atoms with E-state index in [4.69, 9.17) is 22.6 Å². The molecule has 0 fully saturated rings. The normalized spacial score (nSPS) is 10.9. The minimum absolute atomic E-state index is 0.0204. The van der Waals surface area contributed by atoms with Crippen LogP contribution in [0.15, 0.2) is 41.3 Å². The zero-order valence-corrected chi connectivity index (χ0v) is 12.0. The highest BCUT2D eigenvalue weighted by molar-refractivity contribution is 7.92. The van der Waals surface area contributed by atoms with E-state index in [1.54, 1.807) is 0 Å². The maximum Gasteiger partial charge on any atom is 0.263 e. The Morgan fingerprint density at radius 2 is 1.95 bits per heavy atom. The van der Waals surface area contributed by atoms with Gasteiger partial charge in [0.15, 0.2) is 0 Å². The van der Waals surface area contributed by atoms with E-state index in [0.717, 1.165) is 12.1 Å². The molecule has 21 heavy (non-hydrogen) atoms. The maximum absolute atomic E-state index is 13.2. The van der Waals surface area contributed by atoms with Gasteiger partial charge in [0.2, 0.25) is 0 Å². The summed E-state index contributed by atoms with van der Waals surface area (Å²) in [6, 6.07) is 8.93. The number of halogens is 2. The van der Waals surface area contributed by atoms with Crippen LogP contribution in [0.3, 0.4) is 0 Å². The first kappa shape index (κ1) is 15.1. The second kappa shape index (κ2) is 5.60. The van der Waals surface area contributed by atoms with E-state index in [9.17, 15) is 12.8 Å². The molecule has 0 aliphatic heterocycles. The number of hydrogen-bond donors (Lipinski definition) is 2. The van der Waals surface area contributed by atoms with Crippen molar-refractivity contribution in [3.63, 3.8) is 0 Å². The minimum Gasteiger partial charge on any atom is -0.399 e. The first-order valence-electron chi connectivity index (χ1n) is 5.60. The zero-order valence-electron chi connectivity index (χ0n) is 10.5. The largest absolute Gasteiger partial charge is 0.399 e. The van der Waals surface area contributed by atoms with Gasteiger partial charge in [0.25, 0.3) is 10.0 Å². The molecule has 0 saturated heterocycles. The van der Waals surface area contributed by atoms with Gasteiger partial charge < -0.3 is 5.73 Å². The lowest BCUT2D eigenvalue weighted by Crippen LogP contribution is -2.14. The summed E-state index contributed by atoms with van der Waals surface area (Å²) in [5.41, 5.74) is 5.74. The Morgan fingerprint density at radius 1 is 1.24 bits per heavy atom. The Labute approximate surface area is 125 Å². The summed E-state index contributed by atoms with van der Waals surface area (Å²) in [5, 5.41) is 8.62. The third-order valence-corrected chi connectivity index (χ3v) is 4.39. The summed E-state index contributed by atoms with van der Waals surface area (Å²) >= 11 is 5.85. The fourth-order valence-electron chi connectivity index (χ4n) is 1.67. The molecule has 0 aliphatic carbocycles. The average molecular weight is 326 g/mol. The summed E-state index contributed by atoms with van der Waals surface area (Å²) < 4.78 is 39.8. The molecule has 0 amide bonds. The van der Waals surface area contributed by atoms with Crippen LogP contribution >= 0.6 is 11.6 Å². The molecule has 2 rings (SSSR count). The lowest BCUT2D eigenvalue weighted by molar-refractivity contribution is 0.601. The highest BCUT2D eigenvalue weighted by Crippen LogP contribution is 2.25. The second-order valence-electron chi connectivity index (χ2n) is 4.14. The minimum atomic E-state index is -4.02. The summed E-state index contributed by atoms with van der Waals surface area (Å²) in [6.45, 7) is 0. The Kier molecular flexibility index (Phi) is 4.02. The predicted molar refractivity (Wildman–Crippen MR) is 77.8 cm³/mol. The number of nitrogens with zero attached hydrogens (tertiary/aromatic N) is 1. The van der Waals surface area contributed by atoms with Crippen LogP contribution < -0.4 is 10.5 Å². The van der Waals surface area contributed by atoms with Crippen LogP contribution in [0.2, 0.25) is 5.02 Å². The molecule has 2 aromatic rings. The zero-order chi connectivity index (χ0) is 15.6. The monoisotopic (exact) mass is 325 g/mol. The molecule has 8 heteroatoms. The van der Waals surface area contributed by atoms with Gasteiger partial charge in [-0.1, -0.05) is 11.6 Å². The van der Waals surface area contributed by atoms with Gasteiger partial charge in [0, 0.05) is 5.69 Å². The molecule has 0 aromatic heterocycles. The predicted octanol–water partition coefficient (Wildman–Crippen LogP) is 2.73. The quantitative estimate of drug-likeness (QED) is 0.848. The first-order valence-corrected chi connectivity index (χ1v) is 7.46. The van der Waals surface area contributed by atoms with Crippen molar-refractivity contribution < 1.29 is 12.8 Å². The van der Waals surface area contributed by atoms with Crippen molar-refractivity contribution in [3.05, 3.63) is 52.8 Å². The van der Waals surface area contributed by atoms with Gasteiger partial charge in [0.1, 0.15) is 10.7 Å². The molecule has 108 valence electrons. The van der Waals surface area contributed by atoms with Crippen LogP contribution in [-0.4, -0.2) is 8.42 Å². The van der Waals surface area contributed by atoms with Crippen molar-refractivity contribution in [2.75, 3.05) is 10.5 Å². The molecule has 0 heterocycles. The Hall–Kier alpha value is -2.30. The summed E-state index contributed by atoms with van der Waals surface area (Å²) in [5.74, 6) is -0.668. The molecule has 0 radical (unpaired) electrons. The van der Waals surface area contributed by atoms with E-state index in [2.05, 4.69) is 4.72 Å². The van der Waals surface area contributed by atoms with Gasteiger partial charge in [-0.15, -0.1) is 0 Å². The van der Waals surface area contributed by atoms with Crippen molar-refractivity contribution in [1.82, 2.24) is 0 Å². The van der Waals surface area contributed by atoms with E-state index in [-0.39, 0.29) is 26.9 Å². The number of hydrogen-bond acceptors (Lipinski definition) is 4. The van der Waals surface area contributed by atoms with Crippen molar-refractivity contribution in [2.24, 2.45) is 0 Å². The molecule has 0 saturated carbocycles. The fourth-order valence-corrected chi connectivity index (χ4v) is 3.26. The standard InChI is InChI=1S/C13H9ClFN3O2S/c14-12-3-8(7-16)1-2-13(12)21(19,20)18-11-5-9(15)4-10(17)6-11/h1-6,18H,17H2. The topological polar surface area (TPSA) is 96.0 Å². The molecular weight excluding hydrogens is 317 g/mol. The maximum atomic E-state index is 13.2. The number of nitrogen functional groups attached to an aromatic ring is 1. The highest BCUT2D eigenvalue weighted by atomic mass is 35.5. The van der Waals surface area contributed by atoms with Crippen molar-refractivity contribution in [1.29, 1.82) is 5.26 Å². The van der Waals surface area contributed by atoms with Gasteiger partial charge in [-0.3, -0.25) is 4.72 Å². The molecule has 0 unspecified atom stereocenters. The number of nitrogens with one attached hydrogen (secondary N) is 1. The van der Waals surface area contributed by atoms with Gasteiger partial charge in [0.05, 0.1) is 22.3 Å². The van der Waals surface area contributed by atoms with Crippen LogP contribution in [-0.2, 0) is 10.0 Å². The van der Waals surface area contributed by atoms with E-state index in [1.807, 2.05) is 6.07 Å². The molecule has 5 nitrogen and oxygen atoms in total. The summed E-state index contributed by atoms with van der Waals surface area (Å²) in [6.07, 6.45) is 0. The van der Waals surface area contributed by atoms with Crippen LogP contribution in [0, 0.1) is 17.1 Å². The smallest absolute Gasteiger partial charge is 0.263 e. The summed E-state index contributed by atoms with van der Waals surface area (Å²) in [4.78, 5) is -0.217.